The Bertz CT molecular complexity index is 650. The number of hydrogen-bond donors (Lipinski definition) is 2. The van der Waals surface area contributed by atoms with E-state index >= 15 is 0 Å². The van der Waals surface area contributed by atoms with Crippen molar-refractivity contribution in [2.45, 2.75) is 13.5 Å². The predicted octanol–water partition coefficient (Wildman–Crippen LogP) is 2.66. The molecule has 0 bridgehead atoms. The summed E-state index contributed by atoms with van der Waals surface area (Å²) in [5, 5.41) is 6.23. The summed E-state index contributed by atoms with van der Waals surface area (Å²) in [6, 6.07) is 18.3. The second-order valence-electron chi connectivity index (χ2n) is 6.28. The second-order valence-corrected chi connectivity index (χ2v) is 6.28. The zero-order valence-corrected chi connectivity index (χ0v) is 14.2. The van der Waals surface area contributed by atoms with Crippen molar-refractivity contribution in [3.05, 3.63) is 65.7 Å². The number of nitrogens with zero attached hydrogens (tertiary/aromatic N) is 1. The first kappa shape index (κ1) is 16.5. The first-order chi connectivity index (χ1) is 11.8. The number of benzene rings is 2. The molecule has 1 amide bonds. The molecule has 2 aromatic carbocycles. The van der Waals surface area contributed by atoms with Crippen molar-refractivity contribution in [1.82, 2.24) is 10.6 Å². The van der Waals surface area contributed by atoms with E-state index in [2.05, 4.69) is 46.7 Å². The first-order valence-corrected chi connectivity index (χ1v) is 8.64. The summed E-state index contributed by atoms with van der Waals surface area (Å²) >= 11 is 0. The van der Waals surface area contributed by atoms with Crippen LogP contribution in [0.15, 0.2) is 54.6 Å². The number of amides is 1. The monoisotopic (exact) mass is 323 g/mol. The van der Waals surface area contributed by atoms with Gasteiger partial charge in [0.2, 0.25) is 0 Å². The zero-order chi connectivity index (χ0) is 16.8. The lowest BCUT2D eigenvalue weighted by Gasteiger charge is -2.27. The van der Waals surface area contributed by atoms with Crippen LogP contribution >= 0.6 is 0 Å². The van der Waals surface area contributed by atoms with Gasteiger partial charge >= 0.3 is 0 Å². The van der Waals surface area contributed by atoms with Gasteiger partial charge in [0.05, 0.1) is 0 Å². The Morgan fingerprint density at radius 3 is 2.42 bits per heavy atom. The maximum Gasteiger partial charge on any atom is 0.251 e. The van der Waals surface area contributed by atoms with Crippen LogP contribution in [0.3, 0.4) is 0 Å². The Morgan fingerprint density at radius 2 is 1.83 bits per heavy atom. The molecule has 24 heavy (non-hydrogen) atoms. The van der Waals surface area contributed by atoms with Crippen LogP contribution in [0.5, 0.6) is 0 Å². The van der Waals surface area contributed by atoms with Gasteiger partial charge in [-0.2, -0.15) is 0 Å². The molecule has 2 aromatic rings. The fourth-order valence-electron chi connectivity index (χ4n) is 2.84. The van der Waals surface area contributed by atoms with Crippen molar-refractivity contribution >= 4 is 11.6 Å². The van der Waals surface area contributed by atoms with Gasteiger partial charge in [-0.15, -0.1) is 0 Å². The Hall–Kier alpha value is -2.33. The molecule has 0 aliphatic carbocycles. The summed E-state index contributed by atoms with van der Waals surface area (Å²) < 4.78 is 0. The van der Waals surface area contributed by atoms with Crippen LogP contribution in [-0.4, -0.2) is 32.1 Å². The van der Waals surface area contributed by atoms with Gasteiger partial charge in [-0.25, -0.2) is 0 Å². The molecule has 4 nitrogen and oxygen atoms in total. The maximum atomic E-state index is 12.2. The number of carbonyl (C=O) groups is 1. The van der Waals surface area contributed by atoms with Crippen molar-refractivity contribution in [3.63, 3.8) is 0 Å². The molecule has 0 saturated carbocycles. The van der Waals surface area contributed by atoms with E-state index in [9.17, 15) is 4.79 Å². The fourth-order valence-corrected chi connectivity index (χ4v) is 2.84. The molecule has 1 aliphatic rings. The van der Waals surface area contributed by atoms with Crippen LogP contribution in [0.4, 0.5) is 5.69 Å². The van der Waals surface area contributed by atoms with Gasteiger partial charge in [-0.3, -0.25) is 4.79 Å². The summed E-state index contributed by atoms with van der Waals surface area (Å²) in [5.41, 5.74) is 3.15. The molecule has 0 spiro atoms. The molecule has 1 aliphatic heterocycles. The Labute approximate surface area is 143 Å². The topological polar surface area (TPSA) is 44.4 Å². The molecule has 0 radical (unpaired) electrons. The lowest BCUT2D eigenvalue weighted by molar-refractivity contribution is 0.0942. The van der Waals surface area contributed by atoms with Crippen LogP contribution in [0, 0.1) is 5.92 Å². The van der Waals surface area contributed by atoms with Gasteiger partial charge in [0.1, 0.15) is 0 Å². The minimum Gasteiger partial charge on any atom is -0.367 e. The molecule has 4 heteroatoms. The van der Waals surface area contributed by atoms with Gasteiger partial charge in [0.15, 0.2) is 0 Å². The third-order valence-corrected chi connectivity index (χ3v) is 4.51. The fraction of sp³-hybridized carbons (Fsp3) is 0.350. The second kappa shape index (κ2) is 7.97. The SMILES string of the molecule is CCN(Cc1ccccc1)c1ccc(C(=O)NCC2CNC2)cc1. The summed E-state index contributed by atoms with van der Waals surface area (Å²) in [6.07, 6.45) is 0. The van der Waals surface area contributed by atoms with Crippen molar-refractivity contribution in [2.75, 3.05) is 31.1 Å². The highest BCUT2D eigenvalue weighted by molar-refractivity contribution is 5.94. The van der Waals surface area contributed by atoms with Gasteiger partial charge in [0, 0.05) is 49.9 Å². The molecular formula is C20H25N3O. The van der Waals surface area contributed by atoms with E-state index in [1.54, 1.807) is 0 Å². The molecule has 1 fully saturated rings. The molecule has 2 N–H and O–H groups in total. The third-order valence-electron chi connectivity index (χ3n) is 4.51. The average molecular weight is 323 g/mol. The van der Waals surface area contributed by atoms with E-state index in [4.69, 9.17) is 0 Å². The van der Waals surface area contributed by atoms with E-state index in [-0.39, 0.29) is 5.91 Å². The number of hydrogen-bond acceptors (Lipinski definition) is 3. The Balaban J connectivity index is 1.60. The minimum atomic E-state index is 0.0135. The summed E-state index contributed by atoms with van der Waals surface area (Å²) in [5.74, 6) is 0.592. The van der Waals surface area contributed by atoms with Crippen LogP contribution in [0.25, 0.3) is 0 Å². The van der Waals surface area contributed by atoms with Gasteiger partial charge in [0.25, 0.3) is 5.91 Å². The number of rotatable bonds is 7. The molecular weight excluding hydrogens is 298 g/mol. The third kappa shape index (κ3) is 4.15. The molecule has 0 unspecified atom stereocenters. The smallest absolute Gasteiger partial charge is 0.251 e. The largest absolute Gasteiger partial charge is 0.367 e. The number of nitrogens with one attached hydrogen (secondary N) is 2. The van der Waals surface area contributed by atoms with Crippen LogP contribution in [-0.2, 0) is 6.54 Å². The number of carbonyl (C=O) groups excluding carboxylic acids is 1. The molecule has 1 heterocycles. The lowest BCUT2D eigenvalue weighted by Crippen LogP contribution is -2.48. The molecule has 126 valence electrons. The summed E-state index contributed by atoms with van der Waals surface area (Å²) in [7, 11) is 0. The maximum absolute atomic E-state index is 12.2. The molecule has 0 aromatic heterocycles. The van der Waals surface area contributed by atoms with E-state index in [0.29, 0.717) is 5.92 Å². The Kier molecular flexibility index (Phi) is 5.49. The summed E-state index contributed by atoms with van der Waals surface area (Å²) in [6.45, 7) is 6.71. The van der Waals surface area contributed by atoms with Crippen LogP contribution < -0.4 is 15.5 Å². The quantitative estimate of drug-likeness (QED) is 0.823. The first-order valence-electron chi connectivity index (χ1n) is 8.64. The molecule has 3 rings (SSSR count). The average Bonchev–Trinajstić information content (AvgIpc) is 2.59. The normalized spacial score (nSPS) is 14.0. The van der Waals surface area contributed by atoms with Crippen LogP contribution in [0.1, 0.15) is 22.8 Å². The highest BCUT2D eigenvalue weighted by atomic mass is 16.1. The lowest BCUT2D eigenvalue weighted by atomic mass is 10.0. The van der Waals surface area contributed by atoms with Crippen molar-refractivity contribution < 1.29 is 4.79 Å². The van der Waals surface area contributed by atoms with E-state index in [0.717, 1.165) is 44.0 Å². The van der Waals surface area contributed by atoms with Gasteiger partial charge in [-0.05, 0) is 36.8 Å². The van der Waals surface area contributed by atoms with Crippen molar-refractivity contribution in [2.24, 2.45) is 5.92 Å². The highest BCUT2D eigenvalue weighted by Gasteiger charge is 2.17. The van der Waals surface area contributed by atoms with Gasteiger partial charge in [-0.1, -0.05) is 30.3 Å². The predicted molar refractivity (Wildman–Crippen MR) is 98.3 cm³/mol. The molecule has 0 atom stereocenters. The van der Waals surface area contributed by atoms with E-state index < -0.39 is 0 Å². The van der Waals surface area contributed by atoms with Crippen molar-refractivity contribution in [1.29, 1.82) is 0 Å². The summed E-state index contributed by atoms with van der Waals surface area (Å²) in [4.78, 5) is 14.5. The van der Waals surface area contributed by atoms with E-state index in [1.165, 1.54) is 5.56 Å². The zero-order valence-electron chi connectivity index (χ0n) is 14.2. The Morgan fingerprint density at radius 1 is 1.12 bits per heavy atom. The van der Waals surface area contributed by atoms with Crippen molar-refractivity contribution in [3.8, 4) is 0 Å². The minimum absolute atomic E-state index is 0.0135. The highest BCUT2D eigenvalue weighted by Crippen LogP contribution is 2.18. The van der Waals surface area contributed by atoms with Gasteiger partial charge < -0.3 is 15.5 Å². The molecule has 1 saturated heterocycles. The number of anilines is 1. The van der Waals surface area contributed by atoms with E-state index in [1.807, 2.05) is 30.3 Å². The standard InChI is InChI=1S/C20H25N3O/c1-2-23(15-16-6-4-3-5-7-16)19-10-8-18(9-11-19)20(24)22-14-17-12-21-13-17/h3-11,17,21H,2,12-15H2,1H3,(H,22,24). The van der Waals surface area contributed by atoms with Crippen LogP contribution in [0.2, 0.25) is 0 Å².